The van der Waals surface area contributed by atoms with E-state index in [1.807, 2.05) is 23.9 Å². The van der Waals surface area contributed by atoms with Gasteiger partial charge in [-0.3, -0.25) is 4.79 Å². The summed E-state index contributed by atoms with van der Waals surface area (Å²) in [6.45, 7) is 0. The molecule has 2 rings (SSSR count). The Morgan fingerprint density at radius 3 is 3.08 bits per heavy atom. The number of fused-ring (bicyclic) bond motifs is 1. The highest BCUT2D eigenvalue weighted by molar-refractivity contribution is 7.99. The van der Waals surface area contributed by atoms with Gasteiger partial charge in [0.25, 0.3) is 5.24 Å². The second kappa shape index (κ2) is 3.72. The summed E-state index contributed by atoms with van der Waals surface area (Å²) in [6, 6.07) is 5.71. The van der Waals surface area contributed by atoms with Gasteiger partial charge in [0.05, 0.1) is 0 Å². The molecule has 0 fully saturated rings. The third-order valence-electron chi connectivity index (χ3n) is 2.14. The fourth-order valence-corrected chi connectivity index (χ4v) is 2.62. The molecule has 1 nitrogen and oxygen atoms in total. The van der Waals surface area contributed by atoms with E-state index in [1.54, 1.807) is 6.07 Å². The molecule has 0 aliphatic carbocycles. The predicted octanol–water partition coefficient (Wildman–Crippen LogP) is 3.10. The molecule has 0 spiro atoms. The quantitative estimate of drug-likeness (QED) is 0.666. The van der Waals surface area contributed by atoms with Crippen LogP contribution in [0.3, 0.4) is 0 Å². The summed E-state index contributed by atoms with van der Waals surface area (Å²) < 4.78 is 0. The summed E-state index contributed by atoms with van der Waals surface area (Å²) in [6.07, 6.45) is 2.26. The van der Waals surface area contributed by atoms with Crippen molar-refractivity contribution in [3.05, 3.63) is 29.3 Å². The number of hydrogen-bond acceptors (Lipinski definition) is 2. The van der Waals surface area contributed by atoms with Gasteiger partial charge in [-0.25, -0.2) is 0 Å². The second-order valence-electron chi connectivity index (χ2n) is 3.05. The molecule has 0 aromatic heterocycles. The third-order valence-corrected chi connectivity index (χ3v) is 3.56. The minimum absolute atomic E-state index is 0.363. The zero-order valence-electron chi connectivity index (χ0n) is 7.05. The lowest BCUT2D eigenvalue weighted by Crippen LogP contribution is -2.00. The van der Waals surface area contributed by atoms with Crippen molar-refractivity contribution >= 4 is 28.6 Å². The number of hydrogen-bond donors (Lipinski definition) is 0. The second-order valence-corrected chi connectivity index (χ2v) is 4.53. The van der Waals surface area contributed by atoms with Crippen molar-refractivity contribution in [1.29, 1.82) is 0 Å². The Kier molecular flexibility index (Phi) is 2.61. The molecule has 0 unspecified atom stereocenters. The number of aryl methyl sites for hydroxylation is 1. The van der Waals surface area contributed by atoms with Gasteiger partial charge in [-0.15, -0.1) is 11.8 Å². The van der Waals surface area contributed by atoms with Gasteiger partial charge in [0.1, 0.15) is 0 Å². The molecule has 0 saturated carbocycles. The van der Waals surface area contributed by atoms with Gasteiger partial charge >= 0.3 is 0 Å². The molecule has 1 heterocycles. The third kappa shape index (κ3) is 1.89. The van der Waals surface area contributed by atoms with Crippen LogP contribution in [0.2, 0.25) is 0 Å². The fraction of sp³-hybridized carbons (Fsp3) is 0.300. The lowest BCUT2D eigenvalue weighted by molar-refractivity contribution is 0.108. The van der Waals surface area contributed by atoms with E-state index in [-0.39, 0.29) is 5.24 Å². The Balaban J connectivity index is 2.40. The van der Waals surface area contributed by atoms with Crippen LogP contribution in [0.4, 0.5) is 0 Å². The van der Waals surface area contributed by atoms with E-state index in [2.05, 4.69) is 0 Å². The number of thioether (sulfide) groups is 1. The molecule has 13 heavy (non-hydrogen) atoms. The van der Waals surface area contributed by atoms with Gasteiger partial charge in [-0.2, -0.15) is 0 Å². The van der Waals surface area contributed by atoms with Gasteiger partial charge in [-0.05, 0) is 54.0 Å². The van der Waals surface area contributed by atoms with Crippen LogP contribution in [0.5, 0.6) is 0 Å². The molecule has 1 aromatic rings. The van der Waals surface area contributed by atoms with Crippen LogP contribution in [-0.2, 0) is 6.42 Å². The number of rotatable bonds is 1. The monoisotopic (exact) mass is 212 g/mol. The Labute approximate surface area is 86.5 Å². The van der Waals surface area contributed by atoms with Crippen LogP contribution in [0, 0.1) is 0 Å². The first-order valence-electron chi connectivity index (χ1n) is 4.23. The maximum Gasteiger partial charge on any atom is 0.252 e. The minimum atomic E-state index is -0.363. The first-order chi connectivity index (χ1) is 6.27. The molecule has 0 atom stereocenters. The fourth-order valence-electron chi connectivity index (χ4n) is 1.48. The number of benzene rings is 1. The van der Waals surface area contributed by atoms with Crippen molar-refractivity contribution in [2.45, 2.75) is 17.7 Å². The van der Waals surface area contributed by atoms with E-state index in [9.17, 15) is 4.79 Å². The molecule has 68 valence electrons. The summed E-state index contributed by atoms with van der Waals surface area (Å²) in [5.41, 5.74) is 1.88. The topological polar surface area (TPSA) is 17.1 Å². The van der Waals surface area contributed by atoms with Crippen LogP contribution >= 0.6 is 23.4 Å². The Morgan fingerprint density at radius 1 is 1.46 bits per heavy atom. The van der Waals surface area contributed by atoms with Gasteiger partial charge in [0.15, 0.2) is 0 Å². The maximum atomic E-state index is 10.9. The highest BCUT2D eigenvalue weighted by atomic mass is 35.5. The molecule has 0 N–H and O–H groups in total. The number of halogens is 1. The van der Waals surface area contributed by atoms with Crippen molar-refractivity contribution in [2.75, 3.05) is 5.75 Å². The number of carbonyl (C=O) groups is 1. The van der Waals surface area contributed by atoms with E-state index in [0.29, 0.717) is 5.56 Å². The summed E-state index contributed by atoms with van der Waals surface area (Å²) in [5.74, 6) is 1.18. The van der Waals surface area contributed by atoms with E-state index >= 15 is 0 Å². The molecule has 1 aliphatic heterocycles. The van der Waals surface area contributed by atoms with Crippen molar-refractivity contribution in [3.8, 4) is 0 Å². The highest BCUT2D eigenvalue weighted by Crippen LogP contribution is 2.30. The van der Waals surface area contributed by atoms with Crippen LogP contribution < -0.4 is 0 Å². The van der Waals surface area contributed by atoms with E-state index in [0.717, 1.165) is 6.42 Å². The van der Waals surface area contributed by atoms with E-state index < -0.39 is 0 Å². The van der Waals surface area contributed by atoms with E-state index in [4.69, 9.17) is 11.6 Å². The Morgan fingerprint density at radius 2 is 2.31 bits per heavy atom. The largest absolute Gasteiger partial charge is 0.276 e. The van der Waals surface area contributed by atoms with Crippen LogP contribution in [0.25, 0.3) is 0 Å². The summed E-state index contributed by atoms with van der Waals surface area (Å²) in [7, 11) is 0. The molecule has 1 aromatic carbocycles. The SMILES string of the molecule is O=C(Cl)c1ccc2c(c1)CCCS2. The van der Waals surface area contributed by atoms with E-state index in [1.165, 1.54) is 22.6 Å². The number of carbonyl (C=O) groups excluding carboxylic acids is 1. The van der Waals surface area contributed by atoms with Gasteiger partial charge in [0, 0.05) is 10.5 Å². The summed E-state index contributed by atoms with van der Waals surface area (Å²) in [4.78, 5) is 12.2. The molecule has 0 radical (unpaired) electrons. The molecule has 1 aliphatic rings. The molecule has 0 saturated heterocycles. The lowest BCUT2D eigenvalue weighted by Gasteiger charge is -2.14. The van der Waals surface area contributed by atoms with Gasteiger partial charge in [-0.1, -0.05) is 0 Å². The standard InChI is InChI=1S/C10H9ClOS/c11-10(12)8-3-4-9-7(6-8)2-1-5-13-9/h3-4,6H,1-2,5H2. The Hall–Kier alpha value is -0.470. The van der Waals surface area contributed by atoms with Gasteiger partial charge < -0.3 is 0 Å². The first kappa shape index (κ1) is 9.10. The highest BCUT2D eigenvalue weighted by Gasteiger charge is 2.11. The average Bonchev–Trinajstić information content (AvgIpc) is 2.17. The zero-order valence-corrected chi connectivity index (χ0v) is 8.62. The predicted molar refractivity (Wildman–Crippen MR) is 55.7 cm³/mol. The molecule has 0 amide bonds. The van der Waals surface area contributed by atoms with Crippen molar-refractivity contribution in [1.82, 2.24) is 0 Å². The van der Waals surface area contributed by atoms with Crippen molar-refractivity contribution < 1.29 is 4.79 Å². The van der Waals surface area contributed by atoms with Crippen molar-refractivity contribution in [2.24, 2.45) is 0 Å². The average molecular weight is 213 g/mol. The summed E-state index contributed by atoms with van der Waals surface area (Å²) in [5, 5.41) is -0.363. The smallest absolute Gasteiger partial charge is 0.252 e. The molecule has 3 heteroatoms. The first-order valence-corrected chi connectivity index (χ1v) is 5.59. The molecular weight excluding hydrogens is 204 g/mol. The molecular formula is C10H9ClOS. The van der Waals surface area contributed by atoms with Crippen molar-refractivity contribution in [3.63, 3.8) is 0 Å². The lowest BCUT2D eigenvalue weighted by atomic mass is 10.1. The van der Waals surface area contributed by atoms with Crippen LogP contribution in [0.1, 0.15) is 22.3 Å². The van der Waals surface area contributed by atoms with Crippen LogP contribution in [0.15, 0.2) is 23.1 Å². The molecule has 0 bridgehead atoms. The maximum absolute atomic E-state index is 10.9. The minimum Gasteiger partial charge on any atom is -0.276 e. The Bertz CT molecular complexity index is 349. The summed E-state index contributed by atoms with van der Waals surface area (Å²) >= 11 is 7.25. The zero-order chi connectivity index (χ0) is 9.26. The van der Waals surface area contributed by atoms with Crippen LogP contribution in [-0.4, -0.2) is 11.0 Å². The van der Waals surface area contributed by atoms with Gasteiger partial charge in [0.2, 0.25) is 0 Å². The normalized spacial score (nSPS) is 15.2.